The fraction of sp³-hybridized carbons (Fsp3) is 0.500. The summed E-state index contributed by atoms with van der Waals surface area (Å²) in [4.78, 5) is 11.8. The molecule has 0 aliphatic rings. The Kier molecular flexibility index (Phi) is 7.70. The van der Waals surface area contributed by atoms with Crippen molar-refractivity contribution in [2.45, 2.75) is 33.1 Å². The molecule has 0 spiro atoms. The summed E-state index contributed by atoms with van der Waals surface area (Å²) in [5.41, 5.74) is 1.24. The Morgan fingerprint density at radius 1 is 1.38 bits per heavy atom. The molecule has 2 atom stereocenters. The Labute approximate surface area is 129 Å². The maximum atomic E-state index is 11.8. The SMILES string of the molecule is CCC(C)CS(=O)CCCC(=O)Nc1ccc(C#N)cc1. The van der Waals surface area contributed by atoms with E-state index in [0.717, 1.165) is 6.42 Å². The van der Waals surface area contributed by atoms with E-state index >= 15 is 0 Å². The van der Waals surface area contributed by atoms with Crippen molar-refractivity contribution < 1.29 is 9.00 Å². The number of hydrogen-bond donors (Lipinski definition) is 1. The van der Waals surface area contributed by atoms with Gasteiger partial charge in [0.1, 0.15) is 0 Å². The lowest BCUT2D eigenvalue weighted by Gasteiger charge is -2.08. The number of nitriles is 1. The fourth-order valence-corrected chi connectivity index (χ4v) is 3.27. The third kappa shape index (κ3) is 7.05. The number of nitrogens with zero attached hydrogens (tertiary/aromatic N) is 1. The summed E-state index contributed by atoms with van der Waals surface area (Å²) in [5, 5.41) is 11.5. The molecule has 21 heavy (non-hydrogen) atoms. The van der Waals surface area contributed by atoms with Crippen molar-refractivity contribution in [2.24, 2.45) is 5.92 Å². The highest BCUT2D eigenvalue weighted by molar-refractivity contribution is 7.84. The molecule has 0 saturated carbocycles. The van der Waals surface area contributed by atoms with E-state index in [1.54, 1.807) is 24.3 Å². The van der Waals surface area contributed by atoms with E-state index in [-0.39, 0.29) is 5.91 Å². The minimum atomic E-state index is -0.833. The number of hydrogen-bond acceptors (Lipinski definition) is 3. The lowest BCUT2D eigenvalue weighted by Crippen LogP contribution is -2.14. The molecule has 0 aromatic heterocycles. The van der Waals surface area contributed by atoms with E-state index in [2.05, 4.69) is 19.2 Å². The molecule has 0 heterocycles. The van der Waals surface area contributed by atoms with Crippen LogP contribution in [0.4, 0.5) is 5.69 Å². The van der Waals surface area contributed by atoms with Gasteiger partial charge < -0.3 is 5.32 Å². The van der Waals surface area contributed by atoms with Gasteiger partial charge in [-0.3, -0.25) is 9.00 Å². The van der Waals surface area contributed by atoms with Gasteiger partial charge in [0.15, 0.2) is 0 Å². The van der Waals surface area contributed by atoms with Crippen molar-refractivity contribution in [1.82, 2.24) is 0 Å². The molecule has 1 amide bonds. The van der Waals surface area contributed by atoms with Crippen molar-refractivity contribution in [3.63, 3.8) is 0 Å². The topological polar surface area (TPSA) is 70.0 Å². The number of rotatable bonds is 8. The predicted octanol–water partition coefficient (Wildman–Crippen LogP) is 3.07. The summed E-state index contributed by atoms with van der Waals surface area (Å²) in [6.45, 7) is 4.18. The second kappa shape index (κ2) is 9.30. The van der Waals surface area contributed by atoms with Crippen LogP contribution in [0, 0.1) is 17.2 Å². The summed E-state index contributed by atoms with van der Waals surface area (Å²) in [6, 6.07) is 8.77. The smallest absolute Gasteiger partial charge is 0.224 e. The highest BCUT2D eigenvalue weighted by Crippen LogP contribution is 2.10. The maximum Gasteiger partial charge on any atom is 0.224 e. The Bertz CT molecular complexity index is 520. The zero-order chi connectivity index (χ0) is 15.7. The molecule has 114 valence electrons. The van der Waals surface area contributed by atoms with E-state index in [1.807, 2.05) is 6.07 Å². The molecule has 0 aliphatic carbocycles. The molecular formula is C16H22N2O2S. The summed E-state index contributed by atoms with van der Waals surface area (Å²) in [6.07, 6.45) is 2.03. The molecule has 1 N–H and O–H groups in total. The van der Waals surface area contributed by atoms with Crippen LogP contribution in [-0.4, -0.2) is 21.6 Å². The first-order chi connectivity index (χ1) is 10.0. The van der Waals surface area contributed by atoms with Gasteiger partial charge in [-0.25, -0.2) is 0 Å². The lowest BCUT2D eigenvalue weighted by molar-refractivity contribution is -0.116. The van der Waals surface area contributed by atoms with E-state index in [9.17, 15) is 9.00 Å². The third-order valence-corrected chi connectivity index (χ3v) is 4.93. The molecule has 0 aliphatic heterocycles. The Balaban J connectivity index is 2.28. The van der Waals surface area contributed by atoms with Crippen molar-refractivity contribution in [1.29, 1.82) is 5.26 Å². The van der Waals surface area contributed by atoms with Gasteiger partial charge in [0.2, 0.25) is 5.91 Å². The second-order valence-corrected chi connectivity index (χ2v) is 6.79. The van der Waals surface area contributed by atoms with E-state index in [1.165, 1.54) is 0 Å². The Morgan fingerprint density at radius 2 is 2.05 bits per heavy atom. The van der Waals surface area contributed by atoms with Gasteiger partial charge in [0, 0.05) is 34.4 Å². The summed E-state index contributed by atoms with van der Waals surface area (Å²) < 4.78 is 11.8. The fourth-order valence-electron chi connectivity index (χ4n) is 1.76. The molecule has 1 rings (SSSR count). The maximum absolute atomic E-state index is 11.8. The summed E-state index contributed by atoms with van der Waals surface area (Å²) in [7, 11) is -0.833. The van der Waals surface area contributed by atoms with Crippen molar-refractivity contribution in [3.8, 4) is 6.07 Å². The summed E-state index contributed by atoms with van der Waals surface area (Å²) >= 11 is 0. The normalized spacial score (nSPS) is 13.2. The minimum absolute atomic E-state index is 0.0831. The molecule has 0 fully saturated rings. The highest BCUT2D eigenvalue weighted by atomic mass is 32.2. The van der Waals surface area contributed by atoms with E-state index in [4.69, 9.17) is 5.26 Å². The van der Waals surface area contributed by atoms with Crippen LogP contribution in [0.5, 0.6) is 0 Å². The van der Waals surface area contributed by atoms with Crippen LogP contribution in [0.2, 0.25) is 0 Å². The Hall–Kier alpha value is -1.67. The van der Waals surface area contributed by atoms with Crippen molar-refractivity contribution in [3.05, 3.63) is 29.8 Å². The number of nitrogens with one attached hydrogen (secondary N) is 1. The molecule has 0 radical (unpaired) electrons. The van der Waals surface area contributed by atoms with Gasteiger partial charge in [-0.05, 0) is 36.6 Å². The third-order valence-electron chi connectivity index (χ3n) is 3.24. The molecule has 4 nitrogen and oxygen atoms in total. The molecule has 0 bridgehead atoms. The van der Waals surface area contributed by atoms with Gasteiger partial charge in [0.05, 0.1) is 11.6 Å². The van der Waals surface area contributed by atoms with Crippen LogP contribution in [0.1, 0.15) is 38.7 Å². The molecule has 5 heteroatoms. The zero-order valence-electron chi connectivity index (χ0n) is 12.6. The number of anilines is 1. The van der Waals surface area contributed by atoms with Crippen LogP contribution in [0.25, 0.3) is 0 Å². The summed E-state index contributed by atoms with van der Waals surface area (Å²) in [5.74, 6) is 1.68. The Morgan fingerprint density at radius 3 is 2.62 bits per heavy atom. The van der Waals surface area contributed by atoms with Gasteiger partial charge in [-0.15, -0.1) is 0 Å². The number of benzene rings is 1. The van der Waals surface area contributed by atoms with Gasteiger partial charge >= 0.3 is 0 Å². The minimum Gasteiger partial charge on any atom is -0.326 e. The van der Waals surface area contributed by atoms with Crippen molar-refractivity contribution in [2.75, 3.05) is 16.8 Å². The first-order valence-electron chi connectivity index (χ1n) is 7.20. The molecule has 2 unspecified atom stereocenters. The second-order valence-electron chi connectivity index (χ2n) is 5.16. The number of amides is 1. The first kappa shape index (κ1) is 17.4. The average Bonchev–Trinajstić information content (AvgIpc) is 2.47. The highest BCUT2D eigenvalue weighted by Gasteiger charge is 2.08. The standard InChI is InChI=1S/C16H22N2O2S/c1-3-13(2)12-21(20)10-4-5-16(19)18-15-8-6-14(11-17)7-9-15/h6-9,13H,3-5,10,12H2,1-2H3,(H,18,19). The average molecular weight is 306 g/mol. The van der Waals surface area contributed by atoms with Crippen molar-refractivity contribution >= 4 is 22.4 Å². The monoisotopic (exact) mass is 306 g/mol. The quantitative estimate of drug-likeness (QED) is 0.802. The van der Waals surface area contributed by atoms with Crippen LogP contribution >= 0.6 is 0 Å². The zero-order valence-corrected chi connectivity index (χ0v) is 13.4. The van der Waals surface area contributed by atoms with Gasteiger partial charge in [-0.1, -0.05) is 20.3 Å². The first-order valence-corrected chi connectivity index (χ1v) is 8.69. The predicted molar refractivity (Wildman–Crippen MR) is 86.4 cm³/mol. The lowest BCUT2D eigenvalue weighted by atomic mass is 10.2. The number of carbonyl (C=O) groups excluding carboxylic acids is 1. The number of carbonyl (C=O) groups is 1. The van der Waals surface area contributed by atoms with Crippen LogP contribution in [0.15, 0.2) is 24.3 Å². The van der Waals surface area contributed by atoms with Crippen LogP contribution in [0.3, 0.4) is 0 Å². The largest absolute Gasteiger partial charge is 0.326 e. The molecular weight excluding hydrogens is 284 g/mol. The molecule has 0 saturated heterocycles. The van der Waals surface area contributed by atoms with Crippen LogP contribution in [-0.2, 0) is 15.6 Å². The molecule has 1 aromatic rings. The molecule has 1 aromatic carbocycles. The van der Waals surface area contributed by atoms with Gasteiger partial charge in [0.25, 0.3) is 0 Å². The van der Waals surface area contributed by atoms with Crippen LogP contribution < -0.4 is 5.32 Å². The van der Waals surface area contributed by atoms with Gasteiger partial charge in [-0.2, -0.15) is 5.26 Å². The van der Waals surface area contributed by atoms with E-state index in [0.29, 0.717) is 41.5 Å². The van der Waals surface area contributed by atoms with E-state index < -0.39 is 10.8 Å².